The number of hydrogen-bond donors (Lipinski definition) is 1. The number of rotatable bonds is 2. The molecule has 2 aromatic rings. The highest BCUT2D eigenvalue weighted by atomic mass is 19.1. The molecule has 0 heterocycles. The number of aryl methyl sites for hydroxylation is 1. The highest BCUT2D eigenvalue weighted by Crippen LogP contribution is 2.30. The Bertz CT molecular complexity index is 597. The molecule has 2 rings (SSSR count). The Morgan fingerprint density at radius 1 is 1.00 bits per heavy atom. The summed E-state index contributed by atoms with van der Waals surface area (Å²) >= 11 is 0. The molecule has 0 unspecified atom stereocenters. The number of halogens is 2. The van der Waals surface area contributed by atoms with E-state index in [-0.39, 0.29) is 11.1 Å². The number of anilines is 1. The van der Waals surface area contributed by atoms with Crippen molar-refractivity contribution in [3.8, 4) is 16.9 Å². The summed E-state index contributed by atoms with van der Waals surface area (Å²) in [6.07, 6.45) is 0. The van der Waals surface area contributed by atoms with Crippen molar-refractivity contribution < 1.29 is 13.5 Å². The summed E-state index contributed by atoms with van der Waals surface area (Å²) in [7, 11) is 1.45. The third kappa shape index (κ3) is 2.14. The Kier molecular flexibility index (Phi) is 3.19. The minimum Gasteiger partial charge on any atom is -0.497 e. The van der Waals surface area contributed by atoms with E-state index in [1.165, 1.54) is 31.4 Å². The average molecular weight is 249 g/mol. The van der Waals surface area contributed by atoms with Crippen molar-refractivity contribution in [3.63, 3.8) is 0 Å². The van der Waals surface area contributed by atoms with Crippen molar-refractivity contribution in [2.45, 2.75) is 6.92 Å². The van der Waals surface area contributed by atoms with Crippen LogP contribution in [0, 0.1) is 18.6 Å². The Labute approximate surface area is 104 Å². The van der Waals surface area contributed by atoms with Gasteiger partial charge in [0.05, 0.1) is 7.11 Å². The zero-order chi connectivity index (χ0) is 13.3. The smallest absolute Gasteiger partial charge is 0.134 e. The lowest BCUT2D eigenvalue weighted by Crippen LogP contribution is -1.95. The standard InChI is InChI=1S/C14H13F2NO/c1-8-5-11(13(16)7-14(8)17)10-4-3-9(18-2)6-12(10)15/h3-7H,17H2,1-2H3. The van der Waals surface area contributed by atoms with Gasteiger partial charge in [-0.15, -0.1) is 0 Å². The lowest BCUT2D eigenvalue weighted by Gasteiger charge is -2.09. The van der Waals surface area contributed by atoms with Gasteiger partial charge in [-0.1, -0.05) is 0 Å². The molecular formula is C14H13F2NO. The fraction of sp³-hybridized carbons (Fsp3) is 0.143. The molecule has 0 aromatic heterocycles. The van der Waals surface area contributed by atoms with E-state index in [0.29, 0.717) is 17.0 Å². The maximum Gasteiger partial charge on any atom is 0.134 e. The zero-order valence-corrected chi connectivity index (χ0v) is 10.1. The third-order valence-corrected chi connectivity index (χ3v) is 2.82. The molecule has 0 bridgehead atoms. The van der Waals surface area contributed by atoms with E-state index in [1.54, 1.807) is 13.0 Å². The lowest BCUT2D eigenvalue weighted by atomic mass is 10.0. The summed E-state index contributed by atoms with van der Waals surface area (Å²) in [5.74, 6) is -0.677. The van der Waals surface area contributed by atoms with Gasteiger partial charge in [-0.3, -0.25) is 0 Å². The van der Waals surface area contributed by atoms with E-state index >= 15 is 0 Å². The molecule has 0 radical (unpaired) electrons. The molecule has 0 aliphatic carbocycles. The van der Waals surface area contributed by atoms with Gasteiger partial charge in [0, 0.05) is 22.9 Å². The quantitative estimate of drug-likeness (QED) is 0.826. The molecular weight excluding hydrogens is 236 g/mol. The first kappa shape index (κ1) is 12.4. The molecule has 0 aliphatic rings. The number of ether oxygens (including phenoxy) is 1. The average Bonchev–Trinajstić information content (AvgIpc) is 2.34. The van der Waals surface area contributed by atoms with E-state index < -0.39 is 11.6 Å². The lowest BCUT2D eigenvalue weighted by molar-refractivity contribution is 0.411. The third-order valence-electron chi connectivity index (χ3n) is 2.82. The van der Waals surface area contributed by atoms with Crippen LogP contribution in [0.4, 0.5) is 14.5 Å². The highest BCUT2D eigenvalue weighted by Gasteiger charge is 2.12. The maximum atomic E-state index is 13.9. The van der Waals surface area contributed by atoms with Crippen molar-refractivity contribution in [2.24, 2.45) is 0 Å². The van der Waals surface area contributed by atoms with Gasteiger partial charge in [0.2, 0.25) is 0 Å². The van der Waals surface area contributed by atoms with Gasteiger partial charge in [0.15, 0.2) is 0 Å². The normalized spacial score (nSPS) is 10.4. The predicted molar refractivity (Wildman–Crippen MR) is 67.5 cm³/mol. The SMILES string of the molecule is COc1ccc(-c2cc(C)c(N)cc2F)c(F)c1. The molecule has 0 amide bonds. The molecule has 2 nitrogen and oxygen atoms in total. The monoisotopic (exact) mass is 249 g/mol. The Morgan fingerprint density at radius 3 is 2.28 bits per heavy atom. The maximum absolute atomic E-state index is 13.9. The fourth-order valence-electron chi connectivity index (χ4n) is 1.74. The summed E-state index contributed by atoms with van der Waals surface area (Å²) in [5.41, 5.74) is 7.05. The number of nitrogens with two attached hydrogens (primary N) is 1. The van der Waals surface area contributed by atoms with Crippen LogP contribution in [0.2, 0.25) is 0 Å². The van der Waals surface area contributed by atoms with Crippen molar-refractivity contribution in [3.05, 3.63) is 47.5 Å². The second-order valence-electron chi connectivity index (χ2n) is 4.03. The van der Waals surface area contributed by atoms with E-state index in [1.807, 2.05) is 0 Å². The van der Waals surface area contributed by atoms with Crippen molar-refractivity contribution in [2.75, 3.05) is 12.8 Å². The van der Waals surface area contributed by atoms with E-state index in [2.05, 4.69) is 0 Å². The van der Waals surface area contributed by atoms with Crippen LogP contribution in [0.3, 0.4) is 0 Å². The summed E-state index contributed by atoms with van der Waals surface area (Å²) < 4.78 is 32.6. The van der Waals surface area contributed by atoms with Gasteiger partial charge in [0.1, 0.15) is 17.4 Å². The van der Waals surface area contributed by atoms with Crippen LogP contribution in [-0.2, 0) is 0 Å². The Hall–Kier alpha value is -2.10. The van der Waals surface area contributed by atoms with Gasteiger partial charge in [0.25, 0.3) is 0 Å². The molecule has 0 atom stereocenters. The number of benzene rings is 2. The van der Waals surface area contributed by atoms with Crippen molar-refractivity contribution >= 4 is 5.69 Å². The van der Waals surface area contributed by atoms with Gasteiger partial charge < -0.3 is 10.5 Å². The summed E-state index contributed by atoms with van der Waals surface area (Å²) in [6.45, 7) is 1.75. The van der Waals surface area contributed by atoms with Gasteiger partial charge in [-0.05, 0) is 36.8 Å². The second kappa shape index (κ2) is 4.64. The largest absolute Gasteiger partial charge is 0.497 e. The van der Waals surface area contributed by atoms with Crippen LogP contribution >= 0.6 is 0 Å². The number of hydrogen-bond acceptors (Lipinski definition) is 2. The molecule has 0 aliphatic heterocycles. The highest BCUT2D eigenvalue weighted by molar-refractivity contribution is 5.69. The molecule has 0 saturated carbocycles. The van der Waals surface area contributed by atoms with E-state index in [9.17, 15) is 8.78 Å². The van der Waals surface area contributed by atoms with Crippen molar-refractivity contribution in [1.29, 1.82) is 0 Å². The van der Waals surface area contributed by atoms with Crippen molar-refractivity contribution in [1.82, 2.24) is 0 Å². The second-order valence-corrected chi connectivity index (χ2v) is 4.03. The fourth-order valence-corrected chi connectivity index (χ4v) is 1.74. The topological polar surface area (TPSA) is 35.2 Å². The molecule has 94 valence electrons. The van der Waals surface area contributed by atoms with Crippen LogP contribution in [0.5, 0.6) is 5.75 Å². The summed E-state index contributed by atoms with van der Waals surface area (Å²) in [6, 6.07) is 7.04. The zero-order valence-electron chi connectivity index (χ0n) is 10.1. The first-order chi connectivity index (χ1) is 8.52. The molecule has 0 saturated heterocycles. The van der Waals surface area contributed by atoms with Crippen LogP contribution in [0.15, 0.2) is 30.3 Å². The van der Waals surface area contributed by atoms with E-state index in [4.69, 9.17) is 10.5 Å². The van der Waals surface area contributed by atoms with Gasteiger partial charge >= 0.3 is 0 Å². The minimum atomic E-state index is -0.540. The first-order valence-corrected chi connectivity index (χ1v) is 5.42. The molecule has 4 heteroatoms. The van der Waals surface area contributed by atoms with Gasteiger partial charge in [-0.2, -0.15) is 0 Å². The van der Waals surface area contributed by atoms with Gasteiger partial charge in [-0.25, -0.2) is 8.78 Å². The number of nitrogen functional groups attached to an aromatic ring is 1. The first-order valence-electron chi connectivity index (χ1n) is 5.42. The predicted octanol–water partition coefficient (Wildman–Crippen LogP) is 3.53. The molecule has 18 heavy (non-hydrogen) atoms. The van der Waals surface area contributed by atoms with Crippen LogP contribution in [0.1, 0.15) is 5.56 Å². The minimum absolute atomic E-state index is 0.191. The molecule has 0 spiro atoms. The summed E-state index contributed by atoms with van der Waals surface area (Å²) in [5, 5.41) is 0. The Balaban J connectivity index is 2.58. The molecule has 2 aromatic carbocycles. The Morgan fingerprint density at radius 2 is 1.67 bits per heavy atom. The summed E-state index contributed by atoms with van der Waals surface area (Å²) in [4.78, 5) is 0. The van der Waals surface area contributed by atoms with Crippen LogP contribution in [-0.4, -0.2) is 7.11 Å². The van der Waals surface area contributed by atoms with E-state index in [0.717, 1.165) is 0 Å². The van der Waals surface area contributed by atoms with Crippen LogP contribution in [0.25, 0.3) is 11.1 Å². The van der Waals surface area contributed by atoms with Crippen LogP contribution < -0.4 is 10.5 Å². The number of methoxy groups -OCH3 is 1. The molecule has 0 fully saturated rings. The molecule has 2 N–H and O–H groups in total.